The zero-order valence-electron chi connectivity index (χ0n) is 10.0. The minimum Gasteiger partial charge on any atom is -0.329 e. The Balaban J connectivity index is 2.00. The highest BCUT2D eigenvalue weighted by Gasteiger charge is 2.16. The van der Waals surface area contributed by atoms with Crippen LogP contribution in [0.3, 0.4) is 0 Å². The molecule has 0 saturated carbocycles. The van der Waals surface area contributed by atoms with Crippen molar-refractivity contribution >= 4 is 0 Å². The summed E-state index contributed by atoms with van der Waals surface area (Å²) in [6, 6.07) is 6.65. The minimum atomic E-state index is -0.207. The van der Waals surface area contributed by atoms with Gasteiger partial charge in [0, 0.05) is 19.6 Å². The monoisotopic (exact) mass is 237 g/mol. The molecule has 2 rings (SSSR count). The maximum atomic E-state index is 13.2. The van der Waals surface area contributed by atoms with E-state index in [1.807, 2.05) is 6.07 Å². The Kier molecular flexibility index (Phi) is 4.48. The van der Waals surface area contributed by atoms with Crippen molar-refractivity contribution in [3.05, 3.63) is 35.6 Å². The summed E-state index contributed by atoms with van der Waals surface area (Å²) in [6.45, 7) is 2.57. The van der Waals surface area contributed by atoms with Gasteiger partial charge in [-0.15, -0.1) is 0 Å². The van der Waals surface area contributed by atoms with Crippen molar-refractivity contribution in [3.8, 4) is 0 Å². The summed E-state index contributed by atoms with van der Waals surface area (Å²) in [5, 5.41) is 2.20. The second-order valence-corrected chi connectivity index (χ2v) is 4.52. The number of hydrazine groups is 1. The number of rotatable bonds is 4. The first kappa shape index (κ1) is 12.5. The SMILES string of the molecule is NCC(NN1CCCCC1)c1cccc(F)c1. The topological polar surface area (TPSA) is 41.3 Å². The lowest BCUT2D eigenvalue weighted by Crippen LogP contribution is -2.45. The van der Waals surface area contributed by atoms with Gasteiger partial charge in [0.2, 0.25) is 0 Å². The summed E-state index contributed by atoms with van der Waals surface area (Å²) >= 11 is 0. The van der Waals surface area contributed by atoms with Gasteiger partial charge in [-0.2, -0.15) is 0 Å². The summed E-state index contributed by atoms with van der Waals surface area (Å²) in [5.41, 5.74) is 10.1. The molecule has 17 heavy (non-hydrogen) atoms. The van der Waals surface area contributed by atoms with E-state index < -0.39 is 0 Å². The minimum absolute atomic E-state index is 0.00352. The fourth-order valence-corrected chi connectivity index (χ4v) is 2.23. The summed E-state index contributed by atoms with van der Waals surface area (Å²) in [4.78, 5) is 0. The number of hydrogen-bond acceptors (Lipinski definition) is 3. The van der Waals surface area contributed by atoms with Crippen LogP contribution in [0.25, 0.3) is 0 Å². The molecule has 1 aliphatic rings. The van der Waals surface area contributed by atoms with Crippen LogP contribution in [0.5, 0.6) is 0 Å². The number of piperidine rings is 1. The first-order chi connectivity index (χ1) is 8.29. The molecule has 3 nitrogen and oxygen atoms in total. The molecule has 1 aliphatic heterocycles. The number of nitrogens with zero attached hydrogens (tertiary/aromatic N) is 1. The number of nitrogens with two attached hydrogens (primary N) is 1. The molecule has 1 heterocycles. The van der Waals surface area contributed by atoms with Crippen LogP contribution in [0.15, 0.2) is 24.3 Å². The third-order valence-corrected chi connectivity index (χ3v) is 3.18. The summed E-state index contributed by atoms with van der Waals surface area (Å²) in [7, 11) is 0. The average Bonchev–Trinajstić information content (AvgIpc) is 2.37. The van der Waals surface area contributed by atoms with Gasteiger partial charge in [0.15, 0.2) is 0 Å². The molecule has 0 radical (unpaired) electrons. The van der Waals surface area contributed by atoms with Gasteiger partial charge in [0.25, 0.3) is 0 Å². The van der Waals surface area contributed by atoms with Crippen LogP contribution in [0, 0.1) is 5.82 Å². The molecule has 0 bridgehead atoms. The normalized spacial score (nSPS) is 19.2. The van der Waals surface area contributed by atoms with Crippen molar-refractivity contribution in [1.82, 2.24) is 10.4 Å². The van der Waals surface area contributed by atoms with Gasteiger partial charge in [-0.3, -0.25) is 0 Å². The summed E-state index contributed by atoms with van der Waals surface area (Å²) in [5.74, 6) is -0.207. The Labute approximate surface area is 102 Å². The van der Waals surface area contributed by atoms with Gasteiger partial charge in [-0.1, -0.05) is 18.6 Å². The van der Waals surface area contributed by atoms with Crippen LogP contribution in [0.2, 0.25) is 0 Å². The van der Waals surface area contributed by atoms with Gasteiger partial charge >= 0.3 is 0 Å². The Morgan fingerprint density at radius 1 is 1.29 bits per heavy atom. The zero-order valence-corrected chi connectivity index (χ0v) is 10.0. The van der Waals surface area contributed by atoms with Crippen LogP contribution in [0.4, 0.5) is 4.39 Å². The van der Waals surface area contributed by atoms with Gasteiger partial charge in [-0.05, 0) is 30.5 Å². The van der Waals surface area contributed by atoms with Crippen molar-refractivity contribution in [2.24, 2.45) is 5.73 Å². The fraction of sp³-hybridized carbons (Fsp3) is 0.538. The maximum absolute atomic E-state index is 13.2. The molecule has 4 heteroatoms. The van der Waals surface area contributed by atoms with Crippen molar-refractivity contribution in [3.63, 3.8) is 0 Å². The zero-order chi connectivity index (χ0) is 12.1. The van der Waals surface area contributed by atoms with Gasteiger partial charge in [0.1, 0.15) is 5.82 Å². The lowest BCUT2D eigenvalue weighted by atomic mass is 10.1. The molecule has 1 aromatic rings. The van der Waals surface area contributed by atoms with Crippen molar-refractivity contribution < 1.29 is 4.39 Å². The average molecular weight is 237 g/mol. The Hall–Kier alpha value is -0.970. The van der Waals surface area contributed by atoms with Crippen molar-refractivity contribution in [2.75, 3.05) is 19.6 Å². The summed E-state index contributed by atoms with van der Waals surface area (Å²) in [6.07, 6.45) is 3.73. The molecule has 1 fully saturated rings. The highest BCUT2D eigenvalue weighted by atomic mass is 19.1. The van der Waals surface area contributed by atoms with Crippen LogP contribution in [0.1, 0.15) is 30.9 Å². The molecule has 1 aromatic carbocycles. The van der Waals surface area contributed by atoms with E-state index in [0.717, 1.165) is 18.7 Å². The third kappa shape index (κ3) is 3.49. The van der Waals surface area contributed by atoms with Crippen LogP contribution in [-0.2, 0) is 0 Å². The van der Waals surface area contributed by atoms with E-state index in [-0.39, 0.29) is 11.9 Å². The Morgan fingerprint density at radius 3 is 2.71 bits per heavy atom. The number of hydrogen-bond donors (Lipinski definition) is 2. The molecule has 0 aliphatic carbocycles. The molecule has 1 atom stereocenters. The smallest absolute Gasteiger partial charge is 0.123 e. The predicted molar refractivity (Wildman–Crippen MR) is 66.8 cm³/mol. The number of halogens is 1. The first-order valence-electron chi connectivity index (χ1n) is 6.26. The standard InChI is InChI=1S/C13H20FN3/c14-12-6-4-5-11(9-12)13(10-15)16-17-7-2-1-3-8-17/h4-6,9,13,16H,1-3,7-8,10,15H2. The number of benzene rings is 1. The highest BCUT2D eigenvalue weighted by molar-refractivity contribution is 5.20. The van der Waals surface area contributed by atoms with E-state index >= 15 is 0 Å². The largest absolute Gasteiger partial charge is 0.329 e. The molecule has 1 unspecified atom stereocenters. The second kappa shape index (κ2) is 6.10. The van der Waals surface area contributed by atoms with E-state index in [9.17, 15) is 4.39 Å². The van der Waals surface area contributed by atoms with E-state index in [0.29, 0.717) is 6.54 Å². The molecule has 94 valence electrons. The predicted octanol–water partition coefficient (Wildman–Crippen LogP) is 1.82. The molecule has 0 amide bonds. The third-order valence-electron chi connectivity index (χ3n) is 3.18. The van der Waals surface area contributed by atoms with Crippen molar-refractivity contribution in [2.45, 2.75) is 25.3 Å². The second-order valence-electron chi connectivity index (χ2n) is 4.52. The van der Waals surface area contributed by atoms with Gasteiger partial charge in [-0.25, -0.2) is 14.8 Å². The quantitative estimate of drug-likeness (QED) is 0.839. The molecular formula is C13H20FN3. The molecule has 0 aromatic heterocycles. The molecule has 1 saturated heterocycles. The summed E-state index contributed by atoms with van der Waals surface area (Å²) < 4.78 is 13.2. The lowest BCUT2D eigenvalue weighted by molar-refractivity contribution is 0.130. The van der Waals surface area contributed by atoms with Crippen LogP contribution < -0.4 is 11.2 Å². The van der Waals surface area contributed by atoms with E-state index in [4.69, 9.17) is 5.73 Å². The van der Waals surface area contributed by atoms with Gasteiger partial charge < -0.3 is 5.73 Å². The molecule has 3 N–H and O–H groups in total. The first-order valence-corrected chi connectivity index (χ1v) is 6.26. The van der Waals surface area contributed by atoms with E-state index in [2.05, 4.69) is 10.4 Å². The Bertz CT molecular complexity index is 350. The fourth-order valence-electron chi connectivity index (χ4n) is 2.23. The van der Waals surface area contributed by atoms with Crippen molar-refractivity contribution in [1.29, 1.82) is 0 Å². The highest BCUT2D eigenvalue weighted by Crippen LogP contribution is 2.15. The van der Waals surface area contributed by atoms with E-state index in [1.165, 1.54) is 25.3 Å². The van der Waals surface area contributed by atoms with E-state index in [1.54, 1.807) is 12.1 Å². The lowest BCUT2D eigenvalue weighted by Gasteiger charge is -2.31. The molecular weight excluding hydrogens is 217 g/mol. The Morgan fingerprint density at radius 2 is 2.06 bits per heavy atom. The number of nitrogens with one attached hydrogen (secondary N) is 1. The molecule has 0 spiro atoms. The van der Waals surface area contributed by atoms with Gasteiger partial charge in [0.05, 0.1) is 6.04 Å². The van der Waals surface area contributed by atoms with Crippen LogP contribution >= 0.6 is 0 Å². The maximum Gasteiger partial charge on any atom is 0.123 e. The van der Waals surface area contributed by atoms with Crippen LogP contribution in [-0.4, -0.2) is 24.6 Å².